The normalized spacial score (nSPS) is 25.6. The van der Waals surface area contributed by atoms with E-state index < -0.39 is 46.3 Å². The highest BCUT2D eigenvalue weighted by Gasteiger charge is 2.65. The Morgan fingerprint density at radius 2 is 0.907 bits per heavy atom. The van der Waals surface area contributed by atoms with Crippen molar-refractivity contribution in [2.24, 2.45) is 11.8 Å². The van der Waals surface area contributed by atoms with E-state index in [1.54, 1.807) is 98.5 Å². The lowest BCUT2D eigenvalue weighted by Gasteiger charge is -2.40. The van der Waals surface area contributed by atoms with Gasteiger partial charge in [0.05, 0.1) is 50.8 Å². The first-order valence-corrected chi connectivity index (χ1v) is 32.9. The monoisotopic (exact) mass is 1150 g/mol. The summed E-state index contributed by atoms with van der Waals surface area (Å²) in [6, 6.07) is 14.3. The number of thioether (sulfide) groups is 4. The van der Waals surface area contributed by atoms with Crippen LogP contribution in [0.4, 0.5) is 0 Å². The molecule has 0 saturated carbocycles. The average Bonchev–Trinajstić information content (AvgIpc) is 4.18. The Kier molecular flexibility index (Phi) is 22.6. The minimum Gasteiger partial charge on any atom is -0.459 e. The van der Waals surface area contributed by atoms with Crippen LogP contribution in [0.1, 0.15) is 85.2 Å². The molecule has 2 heterocycles. The van der Waals surface area contributed by atoms with Crippen LogP contribution in [0.25, 0.3) is 0 Å². The Bertz CT molecular complexity index is 2340. The number of esters is 4. The smallest absolute Gasteiger partial charge is 0.338 e. The fourth-order valence-corrected chi connectivity index (χ4v) is 24.1. The van der Waals surface area contributed by atoms with Crippen LogP contribution < -0.4 is 0 Å². The third kappa shape index (κ3) is 15.6. The quantitative estimate of drug-likeness (QED) is 0.0161. The number of fused-ring (bicyclic) bond motifs is 4. The number of benzene rings is 2. The van der Waals surface area contributed by atoms with Gasteiger partial charge in [-0.1, -0.05) is 61.7 Å². The first-order chi connectivity index (χ1) is 35.7. The summed E-state index contributed by atoms with van der Waals surface area (Å²) >= 11 is 6.76. The molecule has 2 aromatic rings. The van der Waals surface area contributed by atoms with Crippen LogP contribution in [0.15, 0.2) is 97.1 Å². The molecule has 2 aliphatic heterocycles. The number of carbonyl (C=O) groups excluding carboxylic acids is 4. The molecule has 8 unspecified atom stereocenters. The third-order valence-electron chi connectivity index (χ3n) is 13.1. The fourth-order valence-electron chi connectivity index (χ4n) is 9.24. The van der Waals surface area contributed by atoms with Gasteiger partial charge in [-0.3, -0.25) is 9.13 Å². The van der Waals surface area contributed by atoms with Crippen LogP contribution >= 0.6 is 61.8 Å². The van der Waals surface area contributed by atoms with Crippen molar-refractivity contribution in [3.05, 3.63) is 119 Å². The second-order valence-corrected chi connectivity index (χ2v) is 31.7. The third-order valence-corrected chi connectivity index (χ3v) is 29.4. The molecule has 8 atom stereocenters. The van der Waals surface area contributed by atoms with Gasteiger partial charge in [-0.25, -0.2) is 19.2 Å². The van der Waals surface area contributed by atoms with Crippen LogP contribution in [0.5, 0.6) is 0 Å². The summed E-state index contributed by atoms with van der Waals surface area (Å²) in [5.74, 6) is -0.872. The number of ether oxygens (including phenoxy) is 7. The Morgan fingerprint density at radius 3 is 1.25 bits per heavy atom. The molecule has 15 nitrogen and oxygen atoms in total. The number of allylic oxidation sites excluding steroid dienone is 2. The predicted octanol–water partition coefficient (Wildman–Crippen LogP) is 11.6. The average molecular weight is 1150 g/mol. The highest BCUT2D eigenvalue weighted by molar-refractivity contribution is 8.26. The van der Waals surface area contributed by atoms with Gasteiger partial charge in [-0.05, 0) is 88.8 Å². The summed E-state index contributed by atoms with van der Waals surface area (Å²) in [6.07, 6.45) is 12.1. The van der Waals surface area contributed by atoms with Gasteiger partial charge in [-0.15, -0.1) is 47.0 Å². The van der Waals surface area contributed by atoms with E-state index in [0.29, 0.717) is 75.5 Å². The number of carbonyl (C=O) groups is 4. The summed E-state index contributed by atoms with van der Waals surface area (Å²) in [5.41, 5.74) is 3.25. The molecule has 2 aliphatic carbocycles. The molecule has 2 aromatic carbocycles. The Balaban J connectivity index is 0.890. The molecular formula is C54H72O15P2S4. The highest BCUT2D eigenvalue weighted by atomic mass is 32.2. The second kappa shape index (κ2) is 27.7. The van der Waals surface area contributed by atoms with E-state index in [0.717, 1.165) is 36.8 Å². The van der Waals surface area contributed by atoms with Crippen LogP contribution in [0.2, 0.25) is 0 Å². The molecule has 0 N–H and O–H groups in total. The minimum absolute atomic E-state index is 0.0479. The summed E-state index contributed by atoms with van der Waals surface area (Å²) in [5, 5.41) is 0. The Labute approximate surface area is 459 Å². The molecule has 0 spiro atoms. The van der Waals surface area contributed by atoms with E-state index in [4.69, 9.17) is 42.2 Å². The Morgan fingerprint density at radius 1 is 0.560 bits per heavy atom. The van der Waals surface area contributed by atoms with Gasteiger partial charge in [0.1, 0.15) is 34.1 Å². The first kappa shape index (κ1) is 61.2. The molecule has 2 fully saturated rings. The van der Waals surface area contributed by atoms with Crippen molar-refractivity contribution >= 4 is 85.7 Å². The van der Waals surface area contributed by atoms with Crippen molar-refractivity contribution < 1.29 is 70.5 Å². The maximum Gasteiger partial charge on any atom is 0.338 e. The number of hydrogen-bond donors (Lipinski definition) is 0. The number of rotatable bonds is 34. The van der Waals surface area contributed by atoms with E-state index >= 15 is 0 Å². The lowest BCUT2D eigenvalue weighted by Crippen LogP contribution is -2.29. The van der Waals surface area contributed by atoms with Gasteiger partial charge in [0.25, 0.3) is 0 Å². The minimum atomic E-state index is -3.12. The zero-order chi connectivity index (χ0) is 54.3. The maximum atomic E-state index is 14.4. The van der Waals surface area contributed by atoms with Crippen molar-refractivity contribution in [2.75, 3.05) is 92.6 Å². The topological polar surface area (TPSA) is 185 Å². The van der Waals surface area contributed by atoms with Gasteiger partial charge >= 0.3 is 23.9 Å². The lowest BCUT2D eigenvalue weighted by atomic mass is 10.0. The van der Waals surface area contributed by atoms with Crippen LogP contribution in [0, 0.1) is 11.8 Å². The van der Waals surface area contributed by atoms with Gasteiger partial charge in [-0.2, -0.15) is 0 Å². The molecule has 0 radical (unpaired) electrons. The molecule has 4 bridgehead atoms. The van der Waals surface area contributed by atoms with Crippen molar-refractivity contribution in [2.45, 2.75) is 82.0 Å². The van der Waals surface area contributed by atoms with Crippen molar-refractivity contribution in [3.63, 3.8) is 0 Å². The van der Waals surface area contributed by atoms with Crippen LogP contribution in [-0.2, 0) is 72.4 Å². The van der Waals surface area contributed by atoms with E-state index in [1.165, 1.54) is 0 Å². The zero-order valence-electron chi connectivity index (χ0n) is 43.9. The predicted molar refractivity (Wildman–Crippen MR) is 300 cm³/mol. The second-order valence-electron chi connectivity index (χ2n) is 18.9. The van der Waals surface area contributed by atoms with Crippen LogP contribution in [0.3, 0.4) is 0 Å². The summed E-state index contributed by atoms with van der Waals surface area (Å²) < 4.78 is 77.6. The maximum absolute atomic E-state index is 14.4. The molecule has 75 heavy (non-hydrogen) atoms. The number of hydrogen-bond acceptors (Lipinski definition) is 19. The van der Waals surface area contributed by atoms with Gasteiger partial charge in [0.15, 0.2) is 0 Å². The molecule has 21 heteroatoms. The molecule has 4 aliphatic rings. The molecule has 6 rings (SSSR count). The van der Waals surface area contributed by atoms with Crippen LogP contribution in [-0.4, -0.2) is 134 Å². The van der Waals surface area contributed by atoms with E-state index in [-0.39, 0.29) is 58.9 Å². The SMILES string of the molecule is C=C(C)C(=O)OCCOC(=O)c1ccc(CSC2(P(C)(=O)OCC)SC3(CCOCCOCCOCCC45C=CC(C4)C(SCc4ccc(C(=O)OCCOC(=O)C(=C)C)cc4)(P(C)(=O)OCC)S5)C=CC2C3)cc1. The standard InChI is InChI=1S/C54H72O15P2S4/c1-9-68-70(7,59)53(72-37-41-11-15-43(16-12-41)49(57)66-33-31-64-47(55)39(3)4)45-19-21-51(35-45,74-53)23-25-61-27-29-63-30-28-62-26-24-52-22-20-46(36-52)54(75-52,71(8,60)69-10-2)73-38-42-13-17-44(18-14-42)50(58)67-34-32-65-48(56)40(5)6/h11-22,45-46H,3,5,9-10,23-38H2,1-2,4,6-8H3. The van der Waals surface area contributed by atoms with Gasteiger partial charge in [0.2, 0.25) is 14.7 Å². The van der Waals surface area contributed by atoms with Crippen molar-refractivity contribution in [1.82, 2.24) is 0 Å². The first-order valence-electron chi connectivity index (χ1n) is 25.2. The Hall–Kier alpha value is -3.06. The van der Waals surface area contributed by atoms with Crippen molar-refractivity contribution in [3.8, 4) is 0 Å². The summed E-state index contributed by atoms with van der Waals surface area (Å²) in [6.45, 7) is 20.6. The molecule has 0 amide bonds. The summed E-state index contributed by atoms with van der Waals surface area (Å²) in [7, 11) is -6.24. The van der Waals surface area contributed by atoms with Gasteiger partial charge < -0.3 is 42.2 Å². The van der Waals surface area contributed by atoms with Gasteiger partial charge in [0, 0.05) is 70.5 Å². The fraction of sp³-hybridized carbons (Fsp3) is 0.556. The van der Waals surface area contributed by atoms with E-state index in [9.17, 15) is 28.3 Å². The highest BCUT2D eigenvalue weighted by Crippen LogP contribution is 2.81. The summed E-state index contributed by atoms with van der Waals surface area (Å²) in [4.78, 5) is 48.3. The molecule has 0 aromatic heterocycles. The molecule has 2 saturated heterocycles. The van der Waals surface area contributed by atoms with E-state index in [1.807, 2.05) is 38.1 Å². The largest absolute Gasteiger partial charge is 0.459 e. The molecular weight excluding hydrogens is 1080 g/mol. The van der Waals surface area contributed by atoms with E-state index in [2.05, 4.69) is 37.5 Å². The van der Waals surface area contributed by atoms with Crippen molar-refractivity contribution in [1.29, 1.82) is 0 Å². The zero-order valence-corrected chi connectivity index (χ0v) is 48.9. The molecule has 412 valence electrons. The lowest BCUT2D eigenvalue weighted by molar-refractivity contribution is -0.140.